The van der Waals surface area contributed by atoms with Crippen LogP contribution in [-0.2, 0) is 5.41 Å². The Labute approximate surface area is 115 Å². The fourth-order valence-corrected chi connectivity index (χ4v) is 1.75. The van der Waals surface area contributed by atoms with E-state index in [0.29, 0.717) is 19.5 Å². The second kappa shape index (κ2) is 7.14. The largest absolute Gasteiger partial charge is 0.396 e. The second-order valence-corrected chi connectivity index (χ2v) is 5.44. The Kier molecular flexibility index (Phi) is 5.83. The summed E-state index contributed by atoms with van der Waals surface area (Å²) >= 11 is 0. The Morgan fingerprint density at radius 2 is 1.84 bits per heavy atom. The van der Waals surface area contributed by atoms with Gasteiger partial charge in [0.05, 0.1) is 0 Å². The van der Waals surface area contributed by atoms with Gasteiger partial charge in [0.2, 0.25) is 0 Å². The van der Waals surface area contributed by atoms with Gasteiger partial charge in [-0.3, -0.25) is 0 Å². The Morgan fingerprint density at radius 1 is 1.21 bits per heavy atom. The average Bonchev–Trinajstić information content (AvgIpc) is 2.37. The minimum Gasteiger partial charge on any atom is -0.396 e. The predicted molar refractivity (Wildman–Crippen MR) is 77.3 cm³/mol. The number of benzene rings is 1. The fourth-order valence-electron chi connectivity index (χ4n) is 1.75. The number of aryl methyl sites for hydroxylation is 1. The first-order valence-corrected chi connectivity index (χ1v) is 6.65. The molecule has 2 amide bonds. The SMILES string of the molecule is Cc1ccc(C(C)(C)CNC(=O)NCCCO)cc1. The van der Waals surface area contributed by atoms with Gasteiger partial charge in [-0.15, -0.1) is 0 Å². The quantitative estimate of drug-likeness (QED) is 0.688. The summed E-state index contributed by atoms with van der Waals surface area (Å²) in [5, 5.41) is 14.2. The molecule has 3 N–H and O–H groups in total. The number of hydrogen-bond donors (Lipinski definition) is 3. The number of carbonyl (C=O) groups is 1. The third kappa shape index (κ3) is 5.30. The van der Waals surface area contributed by atoms with Crippen molar-refractivity contribution in [1.82, 2.24) is 10.6 Å². The first-order valence-electron chi connectivity index (χ1n) is 6.65. The third-order valence-electron chi connectivity index (χ3n) is 3.14. The Hall–Kier alpha value is -1.55. The smallest absolute Gasteiger partial charge is 0.314 e. The molecule has 0 heterocycles. The minimum atomic E-state index is -0.186. The molecule has 0 fully saturated rings. The number of nitrogens with one attached hydrogen (secondary N) is 2. The van der Waals surface area contributed by atoms with Gasteiger partial charge < -0.3 is 15.7 Å². The maximum atomic E-state index is 11.5. The van der Waals surface area contributed by atoms with Crippen LogP contribution in [0.5, 0.6) is 0 Å². The van der Waals surface area contributed by atoms with E-state index in [-0.39, 0.29) is 18.1 Å². The molecule has 1 aromatic carbocycles. The van der Waals surface area contributed by atoms with Gasteiger partial charge in [0.1, 0.15) is 0 Å². The molecule has 0 aliphatic heterocycles. The van der Waals surface area contributed by atoms with Crippen LogP contribution in [0.2, 0.25) is 0 Å². The predicted octanol–water partition coefficient (Wildman–Crippen LogP) is 1.95. The van der Waals surface area contributed by atoms with Crippen LogP contribution in [0.4, 0.5) is 4.79 Å². The molecule has 19 heavy (non-hydrogen) atoms. The topological polar surface area (TPSA) is 61.4 Å². The standard InChI is InChI=1S/C15H24N2O2/c1-12-5-7-13(8-6-12)15(2,3)11-17-14(19)16-9-4-10-18/h5-8,18H,4,9-11H2,1-3H3,(H2,16,17,19). The molecule has 0 saturated carbocycles. The fraction of sp³-hybridized carbons (Fsp3) is 0.533. The first-order chi connectivity index (χ1) is 8.95. The molecule has 0 aromatic heterocycles. The van der Waals surface area contributed by atoms with Gasteiger partial charge in [-0.05, 0) is 18.9 Å². The van der Waals surface area contributed by atoms with E-state index in [2.05, 4.69) is 55.7 Å². The highest BCUT2D eigenvalue weighted by atomic mass is 16.3. The number of rotatable bonds is 6. The van der Waals surface area contributed by atoms with E-state index in [1.165, 1.54) is 11.1 Å². The molecule has 0 bridgehead atoms. The van der Waals surface area contributed by atoms with Gasteiger partial charge in [0.15, 0.2) is 0 Å². The minimum absolute atomic E-state index is 0.0924. The lowest BCUT2D eigenvalue weighted by Gasteiger charge is -2.26. The van der Waals surface area contributed by atoms with Gasteiger partial charge in [-0.25, -0.2) is 4.79 Å². The Morgan fingerprint density at radius 3 is 2.42 bits per heavy atom. The van der Waals surface area contributed by atoms with E-state index in [1.54, 1.807) is 0 Å². The zero-order valence-corrected chi connectivity index (χ0v) is 12.0. The maximum absolute atomic E-state index is 11.5. The van der Waals surface area contributed by atoms with Gasteiger partial charge in [0.25, 0.3) is 0 Å². The van der Waals surface area contributed by atoms with Crippen molar-refractivity contribution in [3.8, 4) is 0 Å². The van der Waals surface area contributed by atoms with Crippen LogP contribution in [0.1, 0.15) is 31.4 Å². The number of urea groups is 1. The summed E-state index contributed by atoms with van der Waals surface area (Å²) in [7, 11) is 0. The van der Waals surface area contributed by atoms with Crippen molar-refractivity contribution < 1.29 is 9.90 Å². The number of aliphatic hydroxyl groups is 1. The zero-order chi connectivity index (χ0) is 14.3. The number of aliphatic hydroxyl groups excluding tert-OH is 1. The molecule has 0 aliphatic carbocycles. The average molecular weight is 264 g/mol. The summed E-state index contributed by atoms with van der Waals surface area (Å²) in [6.45, 7) is 7.42. The molecule has 4 heteroatoms. The summed E-state index contributed by atoms with van der Waals surface area (Å²) in [6.07, 6.45) is 0.578. The van der Waals surface area contributed by atoms with Crippen LogP contribution in [0.25, 0.3) is 0 Å². The lowest BCUT2D eigenvalue weighted by Crippen LogP contribution is -2.42. The molecule has 0 radical (unpaired) electrons. The van der Waals surface area contributed by atoms with E-state index in [4.69, 9.17) is 5.11 Å². The zero-order valence-electron chi connectivity index (χ0n) is 12.0. The van der Waals surface area contributed by atoms with Crippen LogP contribution < -0.4 is 10.6 Å². The molecule has 1 aromatic rings. The van der Waals surface area contributed by atoms with Crippen LogP contribution in [0, 0.1) is 6.92 Å². The lowest BCUT2D eigenvalue weighted by molar-refractivity contribution is 0.235. The highest BCUT2D eigenvalue weighted by molar-refractivity contribution is 5.73. The molecule has 0 unspecified atom stereocenters. The molecule has 0 saturated heterocycles. The number of carbonyl (C=O) groups excluding carboxylic acids is 1. The normalized spacial score (nSPS) is 11.2. The lowest BCUT2D eigenvalue weighted by atomic mass is 9.84. The number of amides is 2. The van der Waals surface area contributed by atoms with E-state index in [9.17, 15) is 4.79 Å². The molecule has 106 valence electrons. The van der Waals surface area contributed by atoms with Crippen molar-refractivity contribution in [2.45, 2.75) is 32.6 Å². The monoisotopic (exact) mass is 264 g/mol. The Bertz CT molecular complexity index is 399. The van der Waals surface area contributed by atoms with Crippen molar-refractivity contribution in [3.05, 3.63) is 35.4 Å². The molecule has 4 nitrogen and oxygen atoms in total. The molecule has 0 aliphatic rings. The second-order valence-electron chi connectivity index (χ2n) is 5.44. The van der Waals surface area contributed by atoms with Gasteiger partial charge in [-0.1, -0.05) is 43.7 Å². The molecular formula is C15H24N2O2. The van der Waals surface area contributed by atoms with Crippen LogP contribution >= 0.6 is 0 Å². The van der Waals surface area contributed by atoms with Gasteiger partial charge in [-0.2, -0.15) is 0 Å². The van der Waals surface area contributed by atoms with Crippen molar-refractivity contribution in [2.75, 3.05) is 19.7 Å². The van der Waals surface area contributed by atoms with Crippen LogP contribution in [-0.4, -0.2) is 30.8 Å². The highest BCUT2D eigenvalue weighted by Crippen LogP contribution is 2.22. The molecular weight excluding hydrogens is 240 g/mol. The van der Waals surface area contributed by atoms with Crippen LogP contribution in [0.3, 0.4) is 0 Å². The van der Waals surface area contributed by atoms with Gasteiger partial charge >= 0.3 is 6.03 Å². The summed E-state index contributed by atoms with van der Waals surface area (Å²) in [5.41, 5.74) is 2.32. The van der Waals surface area contributed by atoms with Crippen molar-refractivity contribution >= 4 is 6.03 Å². The van der Waals surface area contributed by atoms with Crippen molar-refractivity contribution in [2.24, 2.45) is 0 Å². The van der Waals surface area contributed by atoms with E-state index >= 15 is 0 Å². The highest BCUT2D eigenvalue weighted by Gasteiger charge is 2.21. The summed E-state index contributed by atoms with van der Waals surface area (Å²) in [5.74, 6) is 0. The summed E-state index contributed by atoms with van der Waals surface area (Å²) in [4.78, 5) is 11.5. The molecule has 1 rings (SSSR count). The van der Waals surface area contributed by atoms with Gasteiger partial charge in [0, 0.05) is 25.1 Å². The van der Waals surface area contributed by atoms with E-state index in [1.807, 2.05) is 0 Å². The third-order valence-corrected chi connectivity index (χ3v) is 3.14. The van der Waals surface area contributed by atoms with Crippen molar-refractivity contribution in [3.63, 3.8) is 0 Å². The Balaban J connectivity index is 2.46. The van der Waals surface area contributed by atoms with E-state index in [0.717, 1.165) is 0 Å². The maximum Gasteiger partial charge on any atom is 0.314 e. The summed E-state index contributed by atoms with van der Waals surface area (Å²) < 4.78 is 0. The first kappa shape index (κ1) is 15.5. The number of hydrogen-bond acceptors (Lipinski definition) is 2. The summed E-state index contributed by atoms with van der Waals surface area (Å²) in [6, 6.07) is 8.17. The molecule has 0 atom stereocenters. The van der Waals surface area contributed by atoms with Crippen molar-refractivity contribution in [1.29, 1.82) is 0 Å². The van der Waals surface area contributed by atoms with Crippen LogP contribution in [0.15, 0.2) is 24.3 Å². The van der Waals surface area contributed by atoms with E-state index < -0.39 is 0 Å². The molecule has 0 spiro atoms.